The van der Waals surface area contributed by atoms with E-state index in [2.05, 4.69) is 12.2 Å². The molecular formula is C21H22N2OS. The van der Waals surface area contributed by atoms with E-state index >= 15 is 0 Å². The van der Waals surface area contributed by atoms with E-state index < -0.39 is 5.91 Å². The fourth-order valence-electron chi connectivity index (χ4n) is 2.35. The van der Waals surface area contributed by atoms with Gasteiger partial charge in [0.1, 0.15) is 11.6 Å². The molecule has 0 spiro atoms. The number of hydrogen-bond donors (Lipinski definition) is 1. The smallest absolute Gasteiger partial charge is 0.266 e. The zero-order valence-corrected chi connectivity index (χ0v) is 15.4. The molecule has 2 aromatic rings. The molecule has 0 atom stereocenters. The summed E-state index contributed by atoms with van der Waals surface area (Å²) < 4.78 is 0. The molecule has 4 heteroatoms. The van der Waals surface area contributed by atoms with Crippen LogP contribution in [0.25, 0.3) is 6.08 Å². The number of amides is 1. The van der Waals surface area contributed by atoms with Gasteiger partial charge in [0.2, 0.25) is 0 Å². The fraction of sp³-hybridized carbons (Fsp3) is 0.238. The number of thioether (sulfide) groups is 1. The highest BCUT2D eigenvalue weighted by atomic mass is 32.2. The molecule has 0 saturated carbocycles. The zero-order valence-electron chi connectivity index (χ0n) is 14.6. The van der Waals surface area contributed by atoms with Gasteiger partial charge in [-0.05, 0) is 60.6 Å². The Morgan fingerprint density at radius 2 is 1.84 bits per heavy atom. The molecule has 0 radical (unpaired) electrons. The summed E-state index contributed by atoms with van der Waals surface area (Å²) in [6, 6.07) is 17.5. The van der Waals surface area contributed by atoms with Gasteiger partial charge in [0.15, 0.2) is 0 Å². The second-order valence-corrected chi connectivity index (χ2v) is 6.58. The first-order valence-electron chi connectivity index (χ1n) is 8.32. The number of benzene rings is 2. The lowest BCUT2D eigenvalue weighted by atomic mass is 10.1. The highest BCUT2D eigenvalue weighted by molar-refractivity contribution is 7.98. The first kappa shape index (κ1) is 18.8. The van der Waals surface area contributed by atoms with E-state index in [9.17, 15) is 10.1 Å². The van der Waals surface area contributed by atoms with Crippen molar-refractivity contribution < 1.29 is 4.79 Å². The van der Waals surface area contributed by atoms with Gasteiger partial charge in [0.25, 0.3) is 5.91 Å². The van der Waals surface area contributed by atoms with E-state index in [1.807, 2.05) is 60.9 Å². The molecule has 0 aromatic heterocycles. The van der Waals surface area contributed by atoms with Crippen molar-refractivity contribution in [3.05, 3.63) is 65.2 Å². The van der Waals surface area contributed by atoms with E-state index in [1.165, 1.54) is 5.56 Å². The van der Waals surface area contributed by atoms with Gasteiger partial charge in [0.05, 0.1) is 0 Å². The molecule has 128 valence electrons. The summed E-state index contributed by atoms with van der Waals surface area (Å²) in [5.41, 5.74) is 2.88. The van der Waals surface area contributed by atoms with Crippen LogP contribution in [0, 0.1) is 11.3 Å². The molecule has 0 heterocycles. The van der Waals surface area contributed by atoms with Crippen molar-refractivity contribution in [1.82, 2.24) is 0 Å². The summed E-state index contributed by atoms with van der Waals surface area (Å²) in [4.78, 5) is 13.5. The number of rotatable bonds is 7. The molecule has 1 N–H and O–H groups in total. The van der Waals surface area contributed by atoms with Gasteiger partial charge in [-0.2, -0.15) is 5.26 Å². The van der Waals surface area contributed by atoms with Crippen molar-refractivity contribution in [2.45, 2.75) is 31.1 Å². The monoisotopic (exact) mass is 350 g/mol. The van der Waals surface area contributed by atoms with Gasteiger partial charge in [0, 0.05) is 10.6 Å². The number of carbonyl (C=O) groups excluding carboxylic acids is 1. The summed E-state index contributed by atoms with van der Waals surface area (Å²) in [7, 11) is 0. The maximum Gasteiger partial charge on any atom is 0.266 e. The van der Waals surface area contributed by atoms with Crippen LogP contribution in [0.1, 0.15) is 30.9 Å². The van der Waals surface area contributed by atoms with Crippen LogP contribution < -0.4 is 5.32 Å². The van der Waals surface area contributed by atoms with Crippen molar-refractivity contribution >= 4 is 29.4 Å². The summed E-state index contributed by atoms with van der Waals surface area (Å²) >= 11 is 1.65. The van der Waals surface area contributed by atoms with Crippen LogP contribution in [-0.4, -0.2) is 12.2 Å². The Kier molecular flexibility index (Phi) is 7.31. The molecule has 0 saturated heterocycles. The number of hydrogen-bond acceptors (Lipinski definition) is 3. The van der Waals surface area contributed by atoms with E-state index in [4.69, 9.17) is 0 Å². The Morgan fingerprint density at radius 1 is 1.16 bits per heavy atom. The Morgan fingerprint density at radius 3 is 2.40 bits per heavy atom. The van der Waals surface area contributed by atoms with Gasteiger partial charge in [-0.15, -0.1) is 11.8 Å². The van der Waals surface area contributed by atoms with E-state index in [-0.39, 0.29) is 5.57 Å². The lowest BCUT2D eigenvalue weighted by Crippen LogP contribution is -2.13. The van der Waals surface area contributed by atoms with Crippen LogP contribution in [-0.2, 0) is 11.2 Å². The average molecular weight is 350 g/mol. The molecule has 3 nitrogen and oxygen atoms in total. The number of carbonyl (C=O) groups is 1. The third kappa shape index (κ3) is 5.81. The molecule has 0 aliphatic rings. The molecule has 0 aliphatic carbocycles. The minimum absolute atomic E-state index is 0.0898. The number of aryl methyl sites for hydroxylation is 1. The standard InChI is InChI=1S/C21H22N2OS/c1-3-4-5-16-6-10-19(11-7-16)23-21(24)18(15-22)14-17-8-12-20(25-2)13-9-17/h6-14H,3-5H2,1-2H3,(H,23,24)/b18-14+. The number of anilines is 1. The minimum atomic E-state index is -0.391. The lowest BCUT2D eigenvalue weighted by Gasteiger charge is -2.06. The molecule has 2 rings (SSSR count). The third-order valence-electron chi connectivity index (χ3n) is 3.82. The number of nitriles is 1. The Hall–Kier alpha value is -2.51. The van der Waals surface area contributed by atoms with Crippen LogP contribution in [0.3, 0.4) is 0 Å². The van der Waals surface area contributed by atoms with Gasteiger partial charge in [-0.25, -0.2) is 0 Å². The highest BCUT2D eigenvalue weighted by Crippen LogP contribution is 2.17. The van der Waals surface area contributed by atoms with Crippen LogP contribution >= 0.6 is 11.8 Å². The molecule has 0 unspecified atom stereocenters. The summed E-state index contributed by atoms with van der Waals surface area (Å²) in [6.45, 7) is 2.17. The first-order valence-corrected chi connectivity index (χ1v) is 9.55. The highest BCUT2D eigenvalue weighted by Gasteiger charge is 2.09. The van der Waals surface area contributed by atoms with Crippen LogP contribution in [0.15, 0.2) is 59.0 Å². The Labute approximate surface area is 153 Å². The molecule has 0 fully saturated rings. The minimum Gasteiger partial charge on any atom is -0.321 e. The quantitative estimate of drug-likeness (QED) is 0.419. The first-order chi connectivity index (χ1) is 12.2. The molecule has 0 aliphatic heterocycles. The maximum absolute atomic E-state index is 12.3. The fourth-order valence-corrected chi connectivity index (χ4v) is 2.76. The van der Waals surface area contributed by atoms with Crippen molar-refractivity contribution in [2.24, 2.45) is 0 Å². The SMILES string of the molecule is CCCCc1ccc(NC(=O)/C(C#N)=C/c2ccc(SC)cc2)cc1. The second kappa shape index (κ2) is 9.71. The van der Waals surface area contributed by atoms with Crippen LogP contribution in [0.4, 0.5) is 5.69 Å². The number of nitrogens with one attached hydrogen (secondary N) is 1. The number of nitrogens with zero attached hydrogens (tertiary/aromatic N) is 1. The van der Waals surface area contributed by atoms with Crippen molar-refractivity contribution in [3.8, 4) is 6.07 Å². The van der Waals surface area contributed by atoms with E-state index in [0.29, 0.717) is 5.69 Å². The van der Waals surface area contributed by atoms with Gasteiger partial charge in [-0.1, -0.05) is 37.6 Å². The van der Waals surface area contributed by atoms with Gasteiger partial charge < -0.3 is 5.32 Å². The Bertz CT molecular complexity index is 771. The van der Waals surface area contributed by atoms with Gasteiger partial charge >= 0.3 is 0 Å². The number of unbranched alkanes of at least 4 members (excludes halogenated alkanes) is 1. The molecule has 1 amide bonds. The predicted octanol–water partition coefficient (Wildman–Crippen LogP) is 5.30. The largest absolute Gasteiger partial charge is 0.321 e. The zero-order chi connectivity index (χ0) is 18.1. The molecule has 25 heavy (non-hydrogen) atoms. The Balaban J connectivity index is 2.06. The van der Waals surface area contributed by atoms with Crippen molar-refractivity contribution in [2.75, 3.05) is 11.6 Å². The van der Waals surface area contributed by atoms with Crippen molar-refractivity contribution in [1.29, 1.82) is 5.26 Å². The molecular weight excluding hydrogens is 328 g/mol. The summed E-state index contributed by atoms with van der Waals surface area (Å²) in [6.07, 6.45) is 6.97. The summed E-state index contributed by atoms with van der Waals surface area (Å²) in [5, 5.41) is 12.1. The topological polar surface area (TPSA) is 52.9 Å². The van der Waals surface area contributed by atoms with E-state index in [0.717, 1.165) is 29.7 Å². The maximum atomic E-state index is 12.3. The average Bonchev–Trinajstić information content (AvgIpc) is 2.66. The lowest BCUT2D eigenvalue weighted by molar-refractivity contribution is -0.112. The van der Waals surface area contributed by atoms with Crippen molar-refractivity contribution in [3.63, 3.8) is 0 Å². The van der Waals surface area contributed by atoms with Crippen LogP contribution in [0.5, 0.6) is 0 Å². The van der Waals surface area contributed by atoms with Crippen LogP contribution in [0.2, 0.25) is 0 Å². The normalized spacial score (nSPS) is 11.0. The second-order valence-electron chi connectivity index (χ2n) is 5.70. The summed E-state index contributed by atoms with van der Waals surface area (Å²) in [5.74, 6) is -0.391. The van der Waals surface area contributed by atoms with E-state index in [1.54, 1.807) is 17.8 Å². The molecule has 2 aromatic carbocycles. The molecule has 0 bridgehead atoms. The van der Waals surface area contributed by atoms with Gasteiger partial charge in [-0.3, -0.25) is 4.79 Å². The predicted molar refractivity (Wildman–Crippen MR) is 105 cm³/mol. The third-order valence-corrected chi connectivity index (χ3v) is 4.57.